The van der Waals surface area contributed by atoms with Crippen molar-refractivity contribution >= 4 is 22.6 Å². The normalized spacial score (nSPS) is 18.8. The Balaban J connectivity index is 2.72. The van der Waals surface area contributed by atoms with E-state index in [0.29, 0.717) is 5.76 Å². The highest BCUT2D eigenvalue weighted by molar-refractivity contribution is 14.1. The molecule has 50 valence electrons. The predicted molar refractivity (Wildman–Crippen MR) is 46.9 cm³/mol. The first kappa shape index (κ1) is 7.12. The Kier molecular flexibility index (Phi) is 2.57. The molecule has 1 aliphatic rings. The van der Waals surface area contributed by atoms with Gasteiger partial charge in [-0.05, 0) is 12.0 Å². The third-order valence-corrected chi connectivity index (χ3v) is 2.20. The number of allylic oxidation sites excluding steroid dienone is 4. The fourth-order valence-electron chi connectivity index (χ4n) is 0.824. The van der Waals surface area contributed by atoms with Crippen LogP contribution in [0.25, 0.3) is 0 Å². The molecule has 0 saturated heterocycles. The molecule has 2 heteroatoms. The Morgan fingerprint density at radius 1 is 1.67 bits per heavy atom. The molecular weight excluding hydrogens is 227 g/mol. The van der Waals surface area contributed by atoms with Crippen molar-refractivity contribution < 1.29 is 5.11 Å². The molecule has 0 aromatic heterocycles. The molecule has 0 spiro atoms. The third kappa shape index (κ3) is 1.71. The highest BCUT2D eigenvalue weighted by atomic mass is 127. The molecule has 0 heterocycles. The summed E-state index contributed by atoms with van der Waals surface area (Å²) in [5, 5.41) is 9.19. The van der Waals surface area contributed by atoms with Crippen LogP contribution in [0, 0.1) is 0 Å². The van der Waals surface area contributed by atoms with Gasteiger partial charge in [0, 0.05) is 10.8 Å². The van der Waals surface area contributed by atoms with Crippen LogP contribution in [0.4, 0.5) is 0 Å². The SMILES string of the molecule is OC1=C(CI)C=CCC1. The van der Waals surface area contributed by atoms with E-state index in [9.17, 15) is 5.11 Å². The summed E-state index contributed by atoms with van der Waals surface area (Å²) in [7, 11) is 0. The minimum atomic E-state index is 0.576. The summed E-state index contributed by atoms with van der Waals surface area (Å²) in [5.41, 5.74) is 1.09. The van der Waals surface area contributed by atoms with Crippen molar-refractivity contribution in [2.45, 2.75) is 12.8 Å². The minimum absolute atomic E-state index is 0.576. The summed E-state index contributed by atoms with van der Waals surface area (Å²) in [5.74, 6) is 0.576. The molecule has 0 unspecified atom stereocenters. The van der Waals surface area contributed by atoms with Gasteiger partial charge in [0.25, 0.3) is 0 Å². The fourth-order valence-corrected chi connectivity index (χ4v) is 1.52. The lowest BCUT2D eigenvalue weighted by molar-refractivity contribution is 0.382. The Morgan fingerprint density at radius 2 is 2.44 bits per heavy atom. The Bertz CT molecular complexity index is 158. The third-order valence-electron chi connectivity index (χ3n) is 1.38. The van der Waals surface area contributed by atoms with Crippen LogP contribution in [-0.4, -0.2) is 9.53 Å². The zero-order valence-corrected chi connectivity index (χ0v) is 7.26. The van der Waals surface area contributed by atoms with Crippen LogP contribution >= 0.6 is 22.6 Å². The van der Waals surface area contributed by atoms with Crippen LogP contribution in [0.2, 0.25) is 0 Å². The van der Waals surface area contributed by atoms with E-state index in [0.717, 1.165) is 22.8 Å². The first-order valence-electron chi connectivity index (χ1n) is 2.98. The van der Waals surface area contributed by atoms with E-state index in [4.69, 9.17) is 0 Å². The number of rotatable bonds is 1. The Morgan fingerprint density at radius 3 is 2.89 bits per heavy atom. The van der Waals surface area contributed by atoms with E-state index in [1.165, 1.54) is 0 Å². The number of alkyl halides is 1. The summed E-state index contributed by atoms with van der Waals surface area (Å²) in [4.78, 5) is 0. The van der Waals surface area contributed by atoms with Gasteiger partial charge in [-0.1, -0.05) is 34.7 Å². The smallest absolute Gasteiger partial charge is 0.0965 e. The Hall–Kier alpha value is 0.01000. The number of aliphatic hydroxyl groups excluding tert-OH is 1. The van der Waals surface area contributed by atoms with Gasteiger partial charge in [0.2, 0.25) is 0 Å². The van der Waals surface area contributed by atoms with Crippen molar-refractivity contribution in [3.05, 3.63) is 23.5 Å². The van der Waals surface area contributed by atoms with Crippen molar-refractivity contribution in [2.75, 3.05) is 4.43 Å². The molecule has 0 saturated carbocycles. The predicted octanol–water partition coefficient (Wildman–Crippen LogP) is 2.58. The largest absolute Gasteiger partial charge is 0.512 e. The first-order valence-corrected chi connectivity index (χ1v) is 4.50. The van der Waals surface area contributed by atoms with Gasteiger partial charge in [0.05, 0.1) is 5.76 Å². The fraction of sp³-hybridized carbons (Fsp3) is 0.429. The molecule has 0 atom stereocenters. The van der Waals surface area contributed by atoms with Gasteiger partial charge in [-0.3, -0.25) is 0 Å². The molecule has 1 aliphatic carbocycles. The molecule has 0 aliphatic heterocycles. The molecular formula is C7H9IO. The van der Waals surface area contributed by atoms with E-state index in [-0.39, 0.29) is 0 Å². The minimum Gasteiger partial charge on any atom is -0.512 e. The zero-order valence-electron chi connectivity index (χ0n) is 5.10. The van der Waals surface area contributed by atoms with Crippen LogP contribution in [0.3, 0.4) is 0 Å². The maximum atomic E-state index is 9.19. The highest BCUT2D eigenvalue weighted by Gasteiger charge is 2.03. The maximum Gasteiger partial charge on any atom is 0.0965 e. The second-order valence-corrected chi connectivity index (χ2v) is 2.81. The van der Waals surface area contributed by atoms with Crippen LogP contribution in [0.5, 0.6) is 0 Å². The average Bonchev–Trinajstić information content (AvgIpc) is 1.89. The summed E-state index contributed by atoms with van der Waals surface area (Å²) < 4.78 is 0.917. The van der Waals surface area contributed by atoms with E-state index in [2.05, 4.69) is 28.7 Å². The van der Waals surface area contributed by atoms with Gasteiger partial charge in [0.15, 0.2) is 0 Å². The second kappa shape index (κ2) is 3.25. The lowest BCUT2D eigenvalue weighted by atomic mass is 10.1. The lowest BCUT2D eigenvalue weighted by Gasteiger charge is -2.06. The molecule has 9 heavy (non-hydrogen) atoms. The molecule has 1 rings (SSSR count). The quantitative estimate of drug-likeness (QED) is 0.548. The van der Waals surface area contributed by atoms with Gasteiger partial charge in [-0.15, -0.1) is 0 Å². The summed E-state index contributed by atoms with van der Waals surface area (Å²) in [6, 6.07) is 0. The van der Waals surface area contributed by atoms with E-state index in [1.54, 1.807) is 0 Å². The van der Waals surface area contributed by atoms with Crippen LogP contribution in [0.15, 0.2) is 23.5 Å². The van der Waals surface area contributed by atoms with Crippen molar-refractivity contribution in [1.82, 2.24) is 0 Å². The average molecular weight is 236 g/mol. The Labute approximate surface area is 68.6 Å². The van der Waals surface area contributed by atoms with Gasteiger partial charge >= 0.3 is 0 Å². The monoisotopic (exact) mass is 236 g/mol. The van der Waals surface area contributed by atoms with Crippen LogP contribution in [0.1, 0.15) is 12.8 Å². The standard InChI is InChI=1S/C7H9IO/c8-5-6-3-1-2-4-7(6)9/h1,3,9H,2,4-5H2. The number of aliphatic hydroxyl groups is 1. The van der Waals surface area contributed by atoms with Crippen LogP contribution in [-0.2, 0) is 0 Å². The lowest BCUT2D eigenvalue weighted by Crippen LogP contribution is -1.94. The molecule has 0 aromatic rings. The molecule has 0 bridgehead atoms. The van der Waals surface area contributed by atoms with Crippen molar-refractivity contribution in [1.29, 1.82) is 0 Å². The van der Waals surface area contributed by atoms with Gasteiger partial charge in [-0.25, -0.2) is 0 Å². The maximum absolute atomic E-state index is 9.19. The first-order chi connectivity index (χ1) is 4.34. The zero-order chi connectivity index (χ0) is 6.69. The van der Waals surface area contributed by atoms with Crippen molar-refractivity contribution in [2.24, 2.45) is 0 Å². The summed E-state index contributed by atoms with van der Waals surface area (Å²) in [6.45, 7) is 0. The highest BCUT2D eigenvalue weighted by Crippen LogP contribution is 2.17. The van der Waals surface area contributed by atoms with Crippen molar-refractivity contribution in [3.8, 4) is 0 Å². The number of hydrogen-bond donors (Lipinski definition) is 1. The van der Waals surface area contributed by atoms with E-state index < -0.39 is 0 Å². The van der Waals surface area contributed by atoms with E-state index >= 15 is 0 Å². The molecule has 0 aromatic carbocycles. The second-order valence-electron chi connectivity index (χ2n) is 2.05. The molecule has 1 nitrogen and oxygen atoms in total. The summed E-state index contributed by atoms with van der Waals surface area (Å²) in [6.07, 6.45) is 5.93. The summed E-state index contributed by atoms with van der Waals surface area (Å²) >= 11 is 2.25. The number of hydrogen-bond acceptors (Lipinski definition) is 1. The number of halogens is 1. The van der Waals surface area contributed by atoms with Crippen molar-refractivity contribution in [3.63, 3.8) is 0 Å². The van der Waals surface area contributed by atoms with Gasteiger partial charge < -0.3 is 5.11 Å². The van der Waals surface area contributed by atoms with E-state index in [1.807, 2.05) is 6.08 Å². The topological polar surface area (TPSA) is 20.2 Å². The molecule has 1 N–H and O–H groups in total. The van der Waals surface area contributed by atoms with Gasteiger partial charge in [0.1, 0.15) is 0 Å². The van der Waals surface area contributed by atoms with Crippen LogP contribution < -0.4 is 0 Å². The van der Waals surface area contributed by atoms with Gasteiger partial charge in [-0.2, -0.15) is 0 Å². The molecule has 0 radical (unpaired) electrons. The molecule has 0 fully saturated rings. The molecule has 0 amide bonds.